The summed E-state index contributed by atoms with van der Waals surface area (Å²) in [4.78, 5) is 39.1. The molecule has 3 aromatic carbocycles. The van der Waals surface area contributed by atoms with Crippen molar-refractivity contribution in [2.45, 2.75) is 20.4 Å². The molecule has 0 saturated heterocycles. The standard InChI is InChI=1S/C27H30N4O3/c1-18-9-12-20(13-10-18)16-29-26(33)22-7-5-6-8-23(22)30-25(32)17-28-24-15-21(14-11-19(24)2)27(34)31(3)4/h5-15,28H,16-17H2,1-4H3,(H,29,33)(H,30,32). The van der Waals surface area contributed by atoms with Crippen LogP contribution in [0.3, 0.4) is 0 Å². The molecule has 0 aliphatic rings. The molecular formula is C27H30N4O3. The SMILES string of the molecule is Cc1ccc(CNC(=O)c2ccccc2NC(=O)CNc2cc(C(=O)N(C)C)ccc2C)cc1. The molecular weight excluding hydrogens is 428 g/mol. The Kier molecular flexibility index (Phi) is 8.03. The van der Waals surface area contributed by atoms with E-state index in [4.69, 9.17) is 0 Å². The highest BCUT2D eigenvalue weighted by Gasteiger charge is 2.14. The summed E-state index contributed by atoms with van der Waals surface area (Å²) in [6, 6.07) is 20.2. The summed E-state index contributed by atoms with van der Waals surface area (Å²) in [5.41, 5.74) is 5.12. The fourth-order valence-electron chi connectivity index (χ4n) is 3.35. The number of nitrogens with one attached hydrogen (secondary N) is 3. The smallest absolute Gasteiger partial charge is 0.253 e. The number of rotatable bonds is 8. The molecule has 34 heavy (non-hydrogen) atoms. The Morgan fingerprint density at radius 2 is 1.56 bits per heavy atom. The predicted octanol–water partition coefficient (Wildman–Crippen LogP) is 3.99. The Bertz CT molecular complexity index is 1190. The van der Waals surface area contributed by atoms with Crippen molar-refractivity contribution in [3.05, 3.63) is 94.5 Å². The van der Waals surface area contributed by atoms with Gasteiger partial charge in [0, 0.05) is 31.9 Å². The van der Waals surface area contributed by atoms with E-state index in [2.05, 4.69) is 16.0 Å². The van der Waals surface area contributed by atoms with E-state index in [1.807, 2.05) is 44.2 Å². The fraction of sp³-hybridized carbons (Fsp3) is 0.222. The number of para-hydroxylation sites is 1. The molecule has 3 aromatic rings. The second-order valence-electron chi connectivity index (χ2n) is 8.34. The topological polar surface area (TPSA) is 90.5 Å². The second-order valence-corrected chi connectivity index (χ2v) is 8.34. The van der Waals surface area contributed by atoms with Crippen LogP contribution in [-0.2, 0) is 11.3 Å². The van der Waals surface area contributed by atoms with Crippen LogP contribution >= 0.6 is 0 Å². The minimum absolute atomic E-state index is 0.0141. The first-order valence-electron chi connectivity index (χ1n) is 11.0. The van der Waals surface area contributed by atoms with E-state index in [1.165, 1.54) is 4.90 Å². The van der Waals surface area contributed by atoms with Crippen molar-refractivity contribution in [1.29, 1.82) is 0 Å². The molecule has 176 valence electrons. The molecule has 0 atom stereocenters. The van der Waals surface area contributed by atoms with Crippen molar-refractivity contribution in [3.63, 3.8) is 0 Å². The minimum atomic E-state index is -0.303. The van der Waals surface area contributed by atoms with Gasteiger partial charge in [0.25, 0.3) is 11.8 Å². The Morgan fingerprint density at radius 3 is 2.26 bits per heavy atom. The van der Waals surface area contributed by atoms with E-state index >= 15 is 0 Å². The first-order chi connectivity index (χ1) is 16.2. The van der Waals surface area contributed by atoms with Crippen LogP contribution in [0.5, 0.6) is 0 Å². The van der Waals surface area contributed by atoms with Crippen molar-refractivity contribution in [2.24, 2.45) is 0 Å². The molecule has 0 aliphatic heterocycles. The van der Waals surface area contributed by atoms with Crippen LogP contribution in [0.25, 0.3) is 0 Å². The predicted molar refractivity (Wildman–Crippen MR) is 135 cm³/mol. The molecule has 3 amide bonds. The molecule has 7 nitrogen and oxygen atoms in total. The van der Waals surface area contributed by atoms with Crippen LogP contribution in [0.1, 0.15) is 37.4 Å². The third kappa shape index (κ3) is 6.45. The number of anilines is 2. The average molecular weight is 459 g/mol. The third-order valence-corrected chi connectivity index (χ3v) is 5.35. The Hall–Kier alpha value is -4.13. The number of benzene rings is 3. The number of carbonyl (C=O) groups excluding carboxylic acids is 3. The number of carbonyl (C=O) groups is 3. The monoisotopic (exact) mass is 458 g/mol. The summed E-state index contributed by atoms with van der Waals surface area (Å²) in [6.07, 6.45) is 0. The third-order valence-electron chi connectivity index (χ3n) is 5.35. The molecule has 0 bridgehead atoms. The maximum absolute atomic E-state index is 12.8. The van der Waals surface area contributed by atoms with Gasteiger partial charge < -0.3 is 20.9 Å². The highest BCUT2D eigenvalue weighted by atomic mass is 16.2. The zero-order chi connectivity index (χ0) is 24.7. The molecule has 0 fully saturated rings. The Balaban J connectivity index is 1.62. The highest BCUT2D eigenvalue weighted by Crippen LogP contribution is 2.19. The second kappa shape index (κ2) is 11.1. The molecule has 0 heterocycles. The van der Waals surface area contributed by atoms with Crippen LogP contribution in [0, 0.1) is 13.8 Å². The lowest BCUT2D eigenvalue weighted by molar-refractivity contribution is -0.114. The number of nitrogens with zero attached hydrogens (tertiary/aromatic N) is 1. The Labute approximate surface area is 200 Å². The Morgan fingerprint density at radius 1 is 0.853 bits per heavy atom. The van der Waals surface area contributed by atoms with Gasteiger partial charge in [0.15, 0.2) is 0 Å². The first kappa shape index (κ1) is 24.5. The molecule has 0 aromatic heterocycles. The minimum Gasteiger partial charge on any atom is -0.376 e. The van der Waals surface area contributed by atoms with Gasteiger partial charge in [-0.25, -0.2) is 0 Å². The van der Waals surface area contributed by atoms with Gasteiger partial charge in [-0.1, -0.05) is 48.0 Å². The lowest BCUT2D eigenvalue weighted by Crippen LogP contribution is -2.27. The van der Waals surface area contributed by atoms with Gasteiger partial charge >= 0.3 is 0 Å². The molecule has 0 saturated carbocycles. The van der Waals surface area contributed by atoms with E-state index < -0.39 is 0 Å². The van der Waals surface area contributed by atoms with Crippen LogP contribution in [0.2, 0.25) is 0 Å². The van der Waals surface area contributed by atoms with Crippen molar-refractivity contribution in [1.82, 2.24) is 10.2 Å². The van der Waals surface area contributed by atoms with Crippen molar-refractivity contribution < 1.29 is 14.4 Å². The largest absolute Gasteiger partial charge is 0.376 e. The van der Waals surface area contributed by atoms with E-state index in [1.54, 1.807) is 50.5 Å². The van der Waals surface area contributed by atoms with Gasteiger partial charge in [0.2, 0.25) is 5.91 Å². The number of amides is 3. The van der Waals surface area contributed by atoms with Crippen LogP contribution in [0.15, 0.2) is 66.7 Å². The number of hydrogen-bond acceptors (Lipinski definition) is 4. The van der Waals surface area contributed by atoms with Crippen LogP contribution < -0.4 is 16.0 Å². The summed E-state index contributed by atoms with van der Waals surface area (Å²) < 4.78 is 0. The molecule has 7 heteroatoms. The molecule has 0 aliphatic carbocycles. The maximum atomic E-state index is 12.8. The molecule has 0 spiro atoms. The van der Waals surface area contributed by atoms with E-state index in [0.29, 0.717) is 29.0 Å². The molecule has 0 unspecified atom stereocenters. The first-order valence-corrected chi connectivity index (χ1v) is 11.0. The summed E-state index contributed by atoms with van der Waals surface area (Å²) in [7, 11) is 3.38. The van der Waals surface area contributed by atoms with Gasteiger partial charge in [0.1, 0.15) is 0 Å². The van der Waals surface area contributed by atoms with E-state index in [9.17, 15) is 14.4 Å². The van der Waals surface area contributed by atoms with Gasteiger partial charge in [-0.15, -0.1) is 0 Å². The normalized spacial score (nSPS) is 10.4. The average Bonchev–Trinajstić information content (AvgIpc) is 2.82. The van der Waals surface area contributed by atoms with Gasteiger partial charge in [-0.2, -0.15) is 0 Å². The van der Waals surface area contributed by atoms with Gasteiger partial charge in [-0.3, -0.25) is 14.4 Å². The zero-order valence-electron chi connectivity index (χ0n) is 19.9. The molecule has 3 rings (SSSR count). The van der Waals surface area contributed by atoms with Gasteiger partial charge in [0.05, 0.1) is 17.8 Å². The zero-order valence-corrected chi connectivity index (χ0v) is 19.9. The van der Waals surface area contributed by atoms with Crippen molar-refractivity contribution >= 4 is 29.1 Å². The molecule has 3 N–H and O–H groups in total. The van der Waals surface area contributed by atoms with Crippen LogP contribution in [-0.4, -0.2) is 43.3 Å². The number of hydrogen-bond donors (Lipinski definition) is 3. The summed E-state index contributed by atoms with van der Waals surface area (Å²) >= 11 is 0. The highest BCUT2D eigenvalue weighted by molar-refractivity contribution is 6.04. The van der Waals surface area contributed by atoms with E-state index in [-0.39, 0.29) is 24.3 Å². The fourth-order valence-corrected chi connectivity index (χ4v) is 3.35. The summed E-state index contributed by atoms with van der Waals surface area (Å²) in [5.74, 6) is -0.684. The quantitative estimate of drug-likeness (QED) is 0.476. The van der Waals surface area contributed by atoms with Gasteiger partial charge in [-0.05, 0) is 49.2 Å². The van der Waals surface area contributed by atoms with E-state index in [0.717, 1.165) is 16.7 Å². The maximum Gasteiger partial charge on any atom is 0.253 e. The molecule has 0 radical (unpaired) electrons. The summed E-state index contributed by atoms with van der Waals surface area (Å²) in [6.45, 7) is 4.29. The van der Waals surface area contributed by atoms with Crippen molar-refractivity contribution in [3.8, 4) is 0 Å². The van der Waals surface area contributed by atoms with Crippen LogP contribution in [0.4, 0.5) is 11.4 Å². The number of aryl methyl sites for hydroxylation is 2. The van der Waals surface area contributed by atoms with Crippen molar-refractivity contribution in [2.75, 3.05) is 31.3 Å². The summed E-state index contributed by atoms with van der Waals surface area (Å²) in [5, 5.41) is 8.79. The lowest BCUT2D eigenvalue weighted by Gasteiger charge is -2.15. The lowest BCUT2D eigenvalue weighted by atomic mass is 10.1.